The van der Waals surface area contributed by atoms with Gasteiger partial charge in [-0.3, -0.25) is 5.10 Å². The monoisotopic (exact) mass is 329 g/mol. The molecule has 2 aromatic heterocycles. The zero-order valence-corrected chi connectivity index (χ0v) is 13.6. The Hall–Kier alpha value is -1.29. The molecule has 0 saturated heterocycles. The van der Waals surface area contributed by atoms with Crippen LogP contribution in [0.1, 0.15) is 22.7 Å². The van der Waals surface area contributed by atoms with Crippen molar-refractivity contribution in [2.45, 2.75) is 31.2 Å². The number of aromatic amines is 1. The molecule has 2 heterocycles. The predicted molar refractivity (Wildman–Crippen MR) is 81.7 cm³/mol. The summed E-state index contributed by atoms with van der Waals surface area (Å²) in [6, 6.07) is 0. The first-order valence-electron chi connectivity index (χ1n) is 6.60. The number of hydrogen-bond donors (Lipinski definition) is 3. The third-order valence-electron chi connectivity index (χ3n) is 2.94. The number of thiophene rings is 1. The third kappa shape index (κ3) is 4.10. The van der Waals surface area contributed by atoms with Gasteiger partial charge in [0.1, 0.15) is 17.0 Å². The Balaban J connectivity index is 1.96. The van der Waals surface area contributed by atoms with Crippen LogP contribution >= 0.6 is 11.3 Å². The minimum Gasteiger partial charge on any atom is -0.315 e. The molecule has 0 aliphatic carbocycles. The minimum atomic E-state index is -3.47. The van der Waals surface area contributed by atoms with E-state index in [1.165, 1.54) is 17.7 Å². The minimum absolute atomic E-state index is 0.372. The van der Waals surface area contributed by atoms with Crippen molar-refractivity contribution in [2.75, 3.05) is 13.6 Å². The van der Waals surface area contributed by atoms with E-state index in [9.17, 15) is 8.42 Å². The molecule has 0 unspecified atom stereocenters. The molecule has 0 saturated carbocycles. The lowest BCUT2D eigenvalue weighted by molar-refractivity contribution is 0.576. The SMILES string of the molecule is CNCc1scc(C)c1S(=O)(=O)NCCCc1ncn[nH]1. The summed E-state index contributed by atoms with van der Waals surface area (Å²) in [5, 5.41) is 11.4. The molecule has 3 N–H and O–H groups in total. The number of nitrogens with one attached hydrogen (secondary N) is 3. The van der Waals surface area contributed by atoms with Crippen LogP contribution in [0.2, 0.25) is 0 Å². The Bertz CT molecular complexity index is 664. The molecule has 0 aliphatic heterocycles. The van der Waals surface area contributed by atoms with Gasteiger partial charge in [-0.05, 0) is 31.3 Å². The van der Waals surface area contributed by atoms with Crippen LogP contribution in [0.3, 0.4) is 0 Å². The number of aryl methyl sites for hydroxylation is 2. The van der Waals surface area contributed by atoms with E-state index in [4.69, 9.17) is 0 Å². The lowest BCUT2D eigenvalue weighted by Crippen LogP contribution is -2.26. The van der Waals surface area contributed by atoms with Gasteiger partial charge in [0.2, 0.25) is 10.0 Å². The van der Waals surface area contributed by atoms with E-state index >= 15 is 0 Å². The van der Waals surface area contributed by atoms with Crippen LogP contribution < -0.4 is 10.0 Å². The zero-order valence-electron chi connectivity index (χ0n) is 12.0. The zero-order chi connectivity index (χ0) is 15.3. The summed E-state index contributed by atoms with van der Waals surface area (Å²) < 4.78 is 27.5. The summed E-state index contributed by atoms with van der Waals surface area (Å²) in [6.07, 6.45) is 2.77. The van der Waals surface area contributed by atoms with E-state index in [1.807, 2.05) is 12.3 Å². The van der Waals surface area contributed by atoms with Crippen molar-refractivity contribution in [3.8, 4) is 0 Å². The first kappa shape index (κ1) is 16.1. The number of hydrogen-bond acceptors (Lipinski definition) is 6. The second-order valence-electron chi connectivity index (χ2n) is 4.63. The fourth-order valence-corrected chi connectivity index (χ4v) is 4.91. The predicted octanol–water partition coefficient (Wildman–Crippen LogP) is 0.805. The van der Waals surface area contributed by atoms with E-state index in [-0.39, 0.29) is 0 Å². The maximum atomic E-state index is 12.4. The van der Waals surface area contributed by atoms with Gasteiger partial charge in [0, 0.05) is 24.4 Å². The van der Waals surface area contributed by atoms with Crippen LogP contribution in [0.5, 0.6) is 0 Å². The highest BCUT2D eigenvalue weighted by atomic mass is 32.2. The highest BCUT2D eigenvalue weighted by Gasteiger charge is 2.22. The van der Waals surface area contributed by atoms with E-state index in [0.29, 0.717) is 30.8 Å². The first-order chi connectivity index (χ1) is 10.0. The average molecular weight is 329 g/mol. The van der Waals surface area contributed by atoms with E-state index in [0.717, 1.165) is 16.3 Å². The van der Waals surface area contributed by atoms with Crippen LogP contribution in [-0.2, 0) is 23.0 Å². The van der Waals surface area contributed by atoms with Gasteiger partial charge in [-0.15, -0.1) is 11.3 Å². The number of rotatable bonds is 8. The first-order valence-corrected chi connectivity index (χ1v) is 8.96. The van der Waals surface area contributed by atoms with Gasteiger partial charge in [-0.2, -0.15) is 5.10 Å². The van der Waals surface area contributed by atoms with Gasteiger partial charge in [0.05, 0.1) is 0 Å². The van der Waals surface area contributed by atoms with Crippen LogP contribution in [0, 0.1) is 6.92 Å². The summed E-state index contributed by atoms with van der Waals surface area (Å²) in [4.78, 5) is 5.24. The largest absolute Gasteiger partial charge is 0.315 e. The Kier molecular flexibility index (Phi) is 5.45. The lowest BCUT2D eigenvalue weighted by atomic mass is 10.3. The Labute approximate surface area is 128 Å². The molecular formula is C12H19N5O2S2. The third-order valence-corrected chi connectivity index (χ3v) is 5.87. The molecule has 0 amide bonds. The topological polar surface area (TPSA) is 99.8 Å². The summed E-state index contributed by atoms with van der Waals surface area (Å²) >= 11 is 1.46. The van der Waals surface area contributed by atoms with E-state index < -0.39 is 10.0 Å². The molecule has 7 nitrogen and oxygen atoms in total. The van der Waals surface area contributed by atoms with Gasteiger partial charge in [0.15, 0.2) is 0 Å². The van der Waals surface area contributed by atoms with Gasteiger partial charge in [-0.25, -0.2) is 18.1 Å². The van der Waals surface area contributed by atoms with Crippen LogP contribution in [-0.4, -0.2) is 37.2 Å². The molecule has 0 aliphatic rings. The van der Waals surface area contributed by atoms with Crippen molar-refractivity contribution in [1.29, 1.82) is 0 Å². The molecule has 116 valence electrons. The molecule has 0 radical (unpaired) electrons. The fraction of sp³-hybridized carbons (Fsp3) is 0.500. The van der Waals surface area contributed by atoms with Gasteiger partial charge in [0.25, 0.3) is 0 Å². The normalized spacial score (nSPS) is 11.9. The second-order valence-corrected chi connectivity index (χ2v) is 7.30. The van der Waals surface area contributed by atoms with Crippen molar-refractivity contribution in [1.82, 2.24) is 25.2 Å². The van der Waals surface area contributed by atoms with Gasteiger partial charge in [-0.1, -0.05) is 0 Å². The number of sulfonamides is 1. The summed E-state index contributed by atoms with van der Waals surface area (Å²) in [5.74, 6) is 0.761. The molecule has 2 rings (SSSR count). The molecule has 2 aromatic rings. The maximum Gasteiger partial charge on any atom is 0.241 e. The molecule has 0 aromatic carbocycles. The van der Waals surface area contributed by atoms with Crippen molar-refractivity contribution in [2.24, 2.45) is 0 Å². The average Bonchev–Trinajstić information content (AvgIpc) is 3.05. The number of aromatic nitrogens is 3. The second kappa shape index (κ2) is 7.12. The lowest BCUT2D eigenvalue weighted by Gasteiger charge is -2.08. The van der Waals surface area contributed by atoms with Crippen LogP contribution in [0.15, 0.2) is 16.6 Å². The molecular weight excluding hydrogens is 310 g/mol. The highest BCUT2D eigenvalue weighted by molar-refractivity contribution is 7.89. The number of nitrogens with zero attached hydrogens (tertiary/aromatic N) is 2. The Morgan fingerprint density at radius 3 is 2.90 bits per heavy atom. The Morgan fingerprint density at radius 2 is 2.24 bits per heavy atom. The molecule has 0 atom stereocenters. The molecule has 0 spiro atoms. The summed E-state index contributed by atoms with van der Waals surface area (Å²) in [7, 11) is -1.67. The standard InChI is InChI=1S/C12H19N5O2S2/c1-9-7-20-10(6-13-2)12(9)21(18,19)16-5-3-4-11-14-8-15-17-11/h7-8,13,16H,3-6H2,1-2H3,(H,14,15,17). The van der Waals surface area contributed by atoms with E-state index in [2.05, 4.69) is 25.2 Å². The maximum absolute atomic E-state index is 12.4. The van der Waals surface area contributed by atoms with Crippen molar-refractivity contribution in [3.05, 3.63) is 28.0 Å². The van der Waals surface area contributed by atoms with E-state index in [1.54, 1.807) is 7.05 Å². The Morgan fingerprint density at radius 1 is 1.43 bits per heavy atom. The van der Waals surface area contributed by atoms with Crippen molar-refractivity contribution in [3.63, 3.8) is 0 Å². The summed E-state index contributed by atoms with van der Waals surface area (Å²) in [6.45, 7) is 2.74. The molecule has 9 heteroatoms. The molecule has 0 fully saturated rings. The van der Waals surface area contributed by atoms with Crippen molar-refractivity contribution >= 4 is 21.4 Å². The molecule has 0 bridgehead atoms. The fourth-order valence-electron chi connectivity index (χ4n) is 2.02. The van der Waals surface area contributed by atoms with Gasteiger partial charge < -0.3 is 5.32 Å². The van der Waals surface area contributed by atoms with Crippen LogP contribution in [0.25, 0.3) is 0 Å². The molecule has 21 heavy (non-hydrogen) atoms. The number of H-pyrrole nitrogens is 1. The van der Waals surface area contributed by atoms with Gasteiger partial charge >= 0.3 is 0 Å². The summed E-state index contributed by atoms with van der Waals surface area (Å²) in [5.41, 5.74) is 0.785. The highest BCUT2D eigenvalue weighted by Crippen LogP contribution is 2.26. The van der Waals surface area contributed by atoms with Crippen LogP contribution in [0.4, 0.5) is 0 Å². The smallest absolute Gasteiger partial charge is 0.241 e. The quantitative estimate of drug-likeness (QED) is 0.622. The van der Waals surface area contributed by atoms with Crippen molar-refractivity contribution < 1.29 is 8.42 Å².